The monoisotopic (exact) mass is 388 g/mol. The fourth-order valence-electron chi connectivity index (χ4n) is 3.17. The van der Waals surface area contributed by atoms with Crippen LogP contribution >= 0.6 is 0 Å². The Morgan fingerprint density at radius 2 is 2.00 bits per heavy atom. The molecule has 2 N–H and O–H groups in total. The Balaban J connectivity index is 1.47. The van der Waals surface area contributed by atoms with Crippen LogP contribution in [0.5, 0.6) is 0 Å². The molecule has 29 heavy (non-hydrogen) atoms. The van der Waals surface area contributed by atoms with Crippen molar-refractivity contribution in [1.29, 1.82) is 0 Å². The third-order valence-electron chi connectivity index (χ3n) is 4.76. The van der Waals surface area contributed by atoms with Crippen LogP contribution in [-0.4, -0.2) is 27.9 Å². The normalized spacial score (nSPS) is 11.1. The van der Waals surface area contributed by atoms with Crippen molar-refractivity contribution in [1.82, 2.24) is 14.8 Å². The number of aromatic nitrogens is 3. The maximum absolute atomic E-state index is 6.02. The van der Waals surface area contributed by atoms with Crippen molar-refractivity contribution in [3.63, 3.8) is 0 Å². The lowest BCUT2D eigenvalue weighted by atomic mass is 10.0. The average Bonchev–Trinajstić information content (AvgIpc) is 3.43. The summed E-state index contributed by atoms with van der Waals surface area (Å²) in [5, 5.41) is 4.24. The van der Waals surface area contributed by atoms with Gasteiger partial charge in [-0.1, -0.05) is 18.2 Å². The van der Waals surface area contributed by atoms with Crippen molar-refractivity contribution in [3.8, 4) is 17.0 Å². The Hall–Kier alpha value is -3.22. The van der Waals surface area contributed by atoms with Crippen LogP contribution in [0.3, 0.4) is 0 Å². The first kappa shape index (κ1) is 19.1. The van der Waals surface area contributed by atoms with Gasteiger partial charge in [-0.3, -0.25) is 0 Å². The summed E-state index contributed by atoms with van der Waals surface area (Å²) in [5.41, 5.74) is 11.0. The maximum atomic E-state index is 6.02. The van der Waals surface area contributed by atoms with Gasteiger partial charge < -0.3 is 14.9 Å². The molecule has 0 atom stereocenters. The molecule has 0 radical (unpaired) electrons. The molecule has 0 aliphatic carbocycles. The predicted octanol–water partition coefficient (Wildman–Crippen LogP) is 3.90. The van der Waals surface area contributed by atoms with E-state index < -0.39 is 0 Å². The maximum Gasteiger partial charge on any atom is 0.199 e. The molecule has 148 valence electrons. The largest absolute Gasteiger partial charge is 0.440 e. The smallest absolute Gasteiger partial charge is 0.199 e. The minimum absolute atomic E-state index is 0.529. The third kappa shape index (κ3) is 4.62. The van der Waals surface area contributed by atoms with E-state index in [0.29, 0.717) is 32.1 Å². The van der Waals surface area contributed by atoms with Crippen LogP contribution in [0.1, 0.15) is 22.6 Å². The molecule has 0 saturated carbocycles. The number of hydrogen-bond donors (Lipinski definition) is 1. The highest BCUT2D eigenvalue weighted by atomic mass is 16.5. The van der Waals surface area contributed by atoms with Gasteiger partial charge >= 0.3 is 0 Å². The molecular formula is C23H24N4O2. The number of rotatable bonds is 8. The van der Waals surface area contributed by atoms with Gasteiger partial charge in [-0.2, -0.15) is 5.10 Å². The van der Waals surface area contributed by atoms with Crippen LogP contribution in [0.4, 0.5) is 0 Å². The second-order valence-electron chi connectivity index (χ2n) is 6.89. The van der Waals surface area contributed by atoms with E-state index in [1.54, 1.807) is 12.4 Å². The highest BCUT2D eigenvalue weighted by molar-refractivity contribution is 5.58. The van der Waals surface area contributed by atoms with Gasteiger partial charge in [0.1, 0.15) is 0 Å². The van der Waals surface area contributed by atoms with E-state index in [2.05, 4.69) is 35.2 Å². The summed E-state index contributed by atoms with van der Waals surface area (Å²) in [6.45, 7) is 3.74. The van der Waals surface area contributed by atoms with Crippen molar-refractivity contribution in [3.05, 3.63) is 89.7 Å². The lowest BCUT2D eigenvalue weighted by Gasteiger charge is -2.08. The van der Waals surface area contributed by atoms with Crippen LogP contribution in [0, 0.1) is 6.92 Å². The fraction of sp³-hybridized carbons (Fsp3) is 0.217. The van der Waals surface area contributed by atoms with Gasteiger partial charge in [0.05, 0.1) is 25.1 Å². The highest BCUT2D eigenvalue weighted by Gasteiger charge is 2.10. The summed E-state index contributed by atoms with van der Waals surface area (Å²) in [7, 11) is 0. The summed E-state index contributed by atoms with van der Waals surface area (Å²) in [6.07, 6.45) is 6.10. The highest BCUT2D eigenvalue weighted by Crippen LogP contribution is 2.24. The molecule has 0 amide bonds. The molecule has 6 heteroatoms. The van der Waals surface area contributed by atoms with Gasteiger partial charge in [0.2, 0.25) is 0 Å². The summed E-state index contributed by atoms with van der Waals surface area (Å²) >= 11 is 0. The topological polar surface area (TPSA) is 79.1 Å². The minimum atomic E-state index is 0.529. The number of nitrogens with two attached hydrogens (primary N) is 1. The fourth-order valence-corrected chi connectivity index (χ4v) is 3.17. The van der Waals surface area contributed by atoms with E-state index in [-0.39, 0.29) is 0 Å². The molecule has 0 unspecified atom stereocenters. The molecule has 0 aliphatic heterocycles. The Bertz CT molecular complexity index is 1050. The van der Waals surface area contributed by atoms with Crippen LogP contribution in [0.15, 0.2) is 71.5 Å². The minimum Gasteiger partial charge on any atom is -0.440 e. The second kappa shape index (κ2) is 8.86. The van der Waals surface area contributed by atoms with Gasteiger partial charge in [-0.05, 0) is 53.9 Å². The van der Waals surface area contributed by atoms with E-state index in [1.807, 2.05) is 41.2 Å². The lowest BCUT2D eigenvalue weighted by Crippen LogP contribution is -2.08. The zero-order valence-electron chi connectivity index (χ0n) is 16.4. The zero-order chi connectivity index (χ0) is 20.1. The average molecular weight is 388 g/mol. The van der Waals surface area contributed by atoms with Crippen molar-refractivity contribution < 1.29 is 9.15 Å². The van der Waals surface area contributed by atoms with Crippen LogP contribution in [0.2, 0.25) is 0 Å². The van der Waals surface area contributed by atoms with Crippen LogP contribution < -0.4 is 5.73 Å². The number of ether oxygens (including phenoxy) is 1. The molecule has 2 aromatic carbocycles. The molecular weight excluding hydrogens is 364 g/mol. The number of aryl methyl sites for hydroxylation is 1. The Morgan fingerprint density at radius 1 is 1.14 bits per heavy atom. The zero-order valence-corrected chi connectivity index (χ0v) is 16.4. The number of nitrogens with zero attached hydrogens (tertiary/aromatic N) is 3. The summed E-state index contributed by atoms with van der Waals surface area (Å²) < 4.78 is 13.4. The molecule has 6 nitrogen and oxygen atoms in total. The lowest BCUT2D eigenvalue weighted by molar-refractivity contribution is 0.128. The third-order valence-corrected chi connectivity index (χ3v) is 4.76. The van der Waals surface area contributed by atoms with Gasteiger partial charge in [-0.25, -0.2) is 9.67 Å². The summed E-state index contributed by atoms with van der Waals surface area (Å²) in [4.78, 5) is 4.47. The molecule has 2 heterocycles. The van der Waals surface area contributed by atoms with E-state index in [0.717, 1.165) is 22.6 Å². The SMILES string of the molecule is Cc1ccc(COCCN)cc1Cc1ncc(-c2ccc(-n3cccn3)cc2)o1. The van der Waals surface area contributed by atoms with E-state index in [4.69, 9.17) is 14.9 Å². The van der Waals surface area contributed by atoms with Crippen LogP contribution in [-0.2, 0) is 17.8 Å². The quantitative estimate of drug-likeness (QED) is 0.463. The second-order valence-corrected chi connectivity index (χ2v) is 6.89. The van der Waals surface area contributed by atoms with E-state index >= 15 is 0 Å². The molecule has 0 aliphatic rings. The molecule has 4 rings (SSSR count). The molecule has 0 saturated heterocycles. The molecule has 4 aromatic rings. The van der Waals surface area contributed by atoms with E-state index in [1.165, 1.54) is 11.1 Å². The number of oxazole rings is 1. The Labute approximate surface area is 170 Å². The molecule has 0 fully saturated rings. The Kier molecular flexibility index (Phi) is 5.84. The first-order chi connectivity index (χ1) is 14.2. The van der Waals surface area contributed by atoms with Gasteiger partial charge in [0.25, 0.3) is 0 Å². The van der Waals surface area contributed by atoms with Crippen molar-refractivity contribution >= 4 is 0 Å². The van der Waals surface area contributed by atoms with Gasteiger partial charge in [0, 0.05) is 30.9 Å². The first-order valence-corrected chi connectivity index (χ1v) is 9.64. The standard InChI is InChI=1S/C23H24N4O2/c1-17-3-4-18(16-28-12-9-24)13-20(17)14-23-25-15-22(29-23)19-5-7-21(8-6-19)27-11-2-10-26-27/h2-8,10-11,13,15H,9,12,14,16,24H2,1H3. The van der Waals surface area contributed by atoms with Crippen molar-refractivity contribution in [2.45, 2.75) is 20.0 Å². The van der Waals surface area contributed by atoms with Gasteiger partial charge in [0.15, 0.2) is 11.7 Å². The summed E-state index contributed by atoms with van der Waals surface area (Å²) in [5.74, 6) is 1.45. The van der Waals surface area contributed by atoms with Crippen molar-refractivity contribution in [2.75, 3.05) is 13.2 Å². The predicted molar refractivity (Wildman–Crippen MR) is 112 cm³/mol. The molecule has 2 aromatic heterocycles. The first-order valence-electron chi connectivity index (χ1n) is 9.64. The van der Waals surface area contributed by atoms with Crippen LogP contribution in [0.25, 0.3) is 17.0 Å². The van der Waals surface area contributed by atoms with Gasteiger partial charge in [-0.15, -0.1) is 0 Å². The molecule has 0 spiro atoms. The van der Waals surface area contributed by atoms with E-state index in [9.17, 15) is 0 Å². The number of benzene rings is 2. The molecule has 0 bridgehead atoms. The summed E-state index contributed by atoms with van der Waals surface area (Å²) in [6, 6.07) is 16.3. The number of hydrogen-bond acceptors (Lipinski definition) is 5. The van der Waals surface area contributed by atoms with Crippen molar-refractivity contribution in [2.24, 2.45) is 5.73 Å². The Morgan fingerprint density at radius 3 is 2.76 bits per heavy atom.